The predicted molar refractivity (Wildman–Crippen MR) is 125 cm³/mol. The van der Waals surface area contributed by atoms with Crippen molar-refractivity contribution in [2.24, 2.45) is 0 Å². The van der Waals surface area contributed by atoms with Crippen LogP contribution in [0.15, 0.2) is 76.3 Å². The summed E-state index contributed by atoms with van der Waals surface area (Å²) in [5.74, 6) is 0.205. The SMILES string of the molecule is O=C(Nc1nc2ccccc2[nH]1)C1(c2ccccc2)CCN(S(=O)(=O)c2cccs2)CC1. The normalized spacial score (nSPS) is 16.8. The highest BCUT2D eigenvalue weighted by Crippen LogP contribution is 2.38. The summed E-state index contributed by atoms with van der Waals surface area (Å²) in [6.45, 7) is 0.533. The second kappa shape index (κ2) is 8.16. The van der Waals surface area contributed by atoms with E-state index in [2.05, 4.69) is 15.3 Å². The fraction of sp³-hybridized carbons (Fsp3) is 0.217. The molecule has 0 aliphatic carbocycles. The number of fused-ring (bicyclic) bond motifs is 1. The number of hydrogen-bond donors (Lipinski definition) is 2. The van der Waals surface area contributed by atoms with Crippen molar-refractivity contribution in [1.82, 2.24) is 14.3 Å². The van der Waals surface area contributed by atoms with Crippen molar-refractivity contribution in [2.45, 2.75) is 22.5 Å². The molecule has 1 aliphatic rings. The average Bonchev–Trinajstić information content (AvgIpc) is 3.50. The van der Waals surface area contributed by atoms with E-state index in [9.17, 15) is 13.2 Å². The molecule has 3 heterocycles. The third kappa shape index (κ3) is 3.62. The van der Waals surface area contributed by atoms with Gasteiger partial charge in [0, 0.05) is 13.1 Å². The van der Waals surface area contributed by atoms with Crippen LogP contribution in [-0.4, -0.2) is 41.7 Å². The first-order chi connectivity index (χ1) is 15.5. The molecule has 164 valence electrons. The van der Waals surface area contributed by atoms with Gasteiger partial charge < -0.3 is 4.98 Å². The van der Waals surface area contributed by atoms with Crippen LogP contribution >= 0.6 is 11.3 Å². The Hall–Kier alpha value is -3.01. The van der Waals surface area contributed by atoms with Crippen LogP contribution in [-0.2, 0) is 20.2 Å². The van der Waals surface area contributed by atoms with Gasteiger partial charge in [-0.2, -0.15) is 4.31 Å². The van der Waals surface area contributed by atoms with E-state index in [1.807, 2.05) is 54.6 Å². The number of rotatable bonds is 5. The summed E-state index contributed by atoms with van der Waals surface area (Å²) in [6.07, 6.45) is 0.765. The average molecular weight is 467 g/mol. The first-order valence-corrected chi connectivity index (χ1v) is 12.7. The van der Waals surface area contributed by atoms with Crippen molar-refractivity contribution in [3.63, 3.8) is 0 Å². The lowest BCUT2D eigenvalue weighted by molar-refractivity contribution is -0.123. The number of aromatic nitrogens is 2. The van der Waals surface area contributed by atoms with Crippen LogP contribution < -0.4 is 5.32 Å². The van der Waals surface area contributed by atoms with E-state index in [4.69, 9.17) is 0 Å². The summed E-state index contributed by atoms with van der Waals surface area (Å²) in [6, 6.07) is 20.5. The number of hydrogen-bond acceptors (Lipinski definition) is 5. The highest BCUT2D eigenvalue weighted by molar-refractivity contribution is 7.91. The number of nitrogens with one attached hydrogen (secondary N) is 2. The van der Waals surface area contributed by atoms with Crippen LogP contribution in [0.3, 0.4) is 0 Å². The summed E-state index contributed by atoms with van der Waals surface area (Å²) >= 11 is 1.21. The molecule has 7 nitrogen and oxygen atoms in total. The number of nitrogens with zero attached hydrogens (tertiary/aromatic N) is 2. The topological polar surface area (TPSA) is 95.2 Å². The molecule has 1 aliphatic heterocycles. The molecule has 4 aromatic rings. The Kier molecular flexibility index (Phi) is 5.32. The number of benzene rings is 2. The molecule has 1 amide bonds. The molecular weight excluding hydrogens is 444 g/mol. The largest absolute Gasteiger partial charge is 0.324 e. The van der Waals surface area contributed by atoms with E-state index < -0.39 is 15.4 Å². The molecule has 0 radical (unpaired) electrons. The maximum Gasteiger partial charge on any atom is 0.252 e. The Labute approximate surface area is 190 Å². The third-order valence-electron chi connectivity index (χ3n) is 6.05. The van der Waals surface area contributed by atoms with Crippen LogP contribution in [0.1, 0.15) is 18.4 Å². The summed E-state index contributed by atoms with van der Waals surface area (Å²) in [5, 5.41) is 4.71. The molecule has 0 spiro atoms. The van der Waals surface area contributed by atoms with Gasteiger partial charge in [-0.25, -0.2) is 13.4 Å². The molecule has 32 heavy (non-hydrogen) atoms. The molecule has 1 saturated heterocycles. The number of carbonyl (C=O) groups excluding carboxylic acids is 1. The molecule has 9 heteroatoms. The van der Waals surface area contributed by atoms with E-state index >= 15 is 0 Å². The monoisotopic (exact) mass is 466 g/mol. The zero-order valence-electron chi connectivity index (χ0n) is 17.2. The van der Waals surface area contributed by atoms with E-state index in [1.54, 1.807) is 17.5 Å². The van der Waals surface area contributed by atoms with Crippen LogP contribution in [0.2, 0.25) is 0 Å². The molecule has 1 fully saturated rings. The van der Waals surface area contributed by atoms with Crippen molar-refractivity contribution in [2.75, 3.05) is 18.4 Å². The minimum atomic E-state index is -3.55. The maximum atomic E-state index is 13.6. The number of aromatic amines is 1. The van der Waals surface area contributed by atoms with Gasteiger partial charge in [-0.3, -0.25) is 10.1 Å². The summed E-state index contributed by atoms with van der Waals surface area (Å²) < 4.78 is 27.8. The number of thiophene rings is 1. The number of sulfonamides is 1. The lowest BCUT2D eigenvalue weighted by atomic mass is 9.72. The van der Waals surface area contributed by atoms with E-state index in [0.29, 0.717) is 23.0 Å². The standard InChI is InChI=1S/C23H22N4O3S2/c28-21(26-22-24-18-9-4-5-10-19(18)25-22)23(17-7-2-1-3-8-17)12-14-27(15-13-23)32(29,30)20-11-6-16-31-20/h1-11,16H,12-15H2,(H2,24,25,26,28). The molecule has 5 rings (SSSR count). The summed E-state index contributed by atoms with van der Waals surface area (Å²) in [7, 11) is -3.55. The van der Waals surface area contributed by atoms with E-state index in [0.717, 1.165) is 16.6 Å². The number of amides is 1. The van der Waals surface area contributed by atoms with Gasteiger partial charge in [0.1, 0.15) is 4.21 Å². The second-order valence-electron chi connectivity index (χ2n) is 7.84. The van der Waals surface area contributed by atoms with Gasteiger partial charge in [0.25, 0.3) is 10.0 Å². The molecule has 0 bridgehead atoms. The summed E-state index contributed by atoms with van der Waals surface area (Å²) in [4.78, 5) is 21.2. The van der Waals surface area contributed by atoms with Gasteiger partial charge in [-0.1, -0.05) is 48.5 Å². The fourth-order valence-corrected chi connectivity index (χ4v) is 6.87. The van der Waals surface area contributed by atoms with Gasteiger partial charge in [-0.05, 0) is 42.0 Å². The van der Waals surface area contributed by atoms with Crippen molar-refractivity contribution >= 4 is 44.2 Å². The van der Waals surface area contributed by atoms with Crippen molar-refractivity contribution in [3.05, 3.63) is 77.7 Å². The zero-order chi connectivity index (χ0) is 22.2. The van der Waals surface area contributed by atoms with Crippen molar-refractivity contribution < 1.29 is 13.2 Å². The molecule has 0 atom stereocenters. The maximum absolute atomic E-state index is 13.6. The molecule has 2 aromatic carbocycles. The Balaban J connectivity index is 1.43. The van der Waals surface area contributed by atoms with E-state index in [1.165, 1.54) is 15.6 Å². The molecule has 0 unspecified atom stereocenters. The molecular formula is C23H22N4O3S2. The Morgan fingerprint density at radius 3 is 2.41 bits per heavy atom. The van der Waals surface area contributed by atoms with Crippen LogP contribution in [0.4, 0.5) is 5.95 Å². The van der Waals surface area contributed by atoms with Gasteiger partial charge in [0.2, 0.25) is 11.9 Å². The second-order valence-corrected chi connectivity index (χ2v) is 11.0. The highest BCUT2D eigenvalue weighted by Gasteiger charge is 2.45. The van der Waals surface area contributed by atoms with Gasteiger partial charge in [0.15, 0.2) is 0 Å². The predicted octanol–water partition coefficient (Wildman–Crippen LogP) is 3.99. The Morgan fingerprint density at radius 2 is 1.72 bits per heavy atom. The van der Waals surface area contributed by atoms with Crippen molar-refractivity contribution in [3.8, 4) is 0 Å². The first kappa shape index (κ1) is 20.9. The number of anilines is 1. The first-order valence-electron chi connectivity index (χ1n) is 10.3. The van der Waals surface area contributed by atoms with Gasteiger partial charge >= 0.3 is 0 Å². The van der Waals surface area contributed by atoms with Gasteiger partial charge in [0.05, 0.1) is 16.4 Å². The smallest absolute Gasteiger partial charge is 0.252 e. The lowest BCUT2D eigenvalue weighted by Crippen LogP contribution is -2.50. The van der Waals surface area contributed by atoms with Crippen molar-refractivity contribution in [1.29, 1.82) is 0 Å². The molecule has 2 N–H and O–H groups in total. The number of imidazole rings is 1. The molecule has 0 saturated carbocycles. The van der Waals surface area contributed by atoms with Crippen LogP contribution in [0.5, 0.6) is 0 Å². The summed E-state index contributed by atoms with van der Waals surface area (Å²) in [5.41, 5.74) is 1.64. The lowest BCUT2D eigenvalue weighted by Gasteiger charge is -2.40. The number of para-hydroxylation sites is 2. The minimum absolute atomic E-state index is 0.184. The molecule has 2 aromatic heterocycles. The Morgan fingerprint density at radius 1 is 1.00 bits per heavy atom. The number of piperidine rings is 1. The Bertz CT molecular complexity index is 1310. The van der Waals surface area contributed by atoms with Crippen LogP contribution in [0.25, 0.3) is 11.0 Å². The highest BCUT2D eigenvalue weighted by atomic mass is 32.2. The number of H-pyrrole nitrogens is 1. The minimum Gasteiger partial charge on any atom is -0.324 e. The van der Waals surface area contributed by atoms with Gasteiger partial charge in [-0.15, -0.1) is 11.3 Å². The fourth-order valence-electron chi connectivity index (χ4n) is 4.29. The number of carbonyl (C=O) groups is 1. The quantitative estimate of drug-likeness (QED) is 0.465. The van der Waals surface area contributed by atoms with Crippen LogP contribution in [0, 0.1) is 0 Å². The zero-order valence-corrected chi connectivity index (χ0v) is 18.8. The third-order valence-corrected chi connectivity index (χ3v) is 9.32. The van der Waals surface area contributed by atoms with E-state index in [-0.39, 0.29) is 19.0 Å².